The molecule has 23 heavy (non-hydrogen) atoms. The van der Waals surface area contributed by atoms with Crippen LogP contribution in [0.4, 0.5) is 0 Å². The number of hydrogen-bond acceptors (Lipinski definition) is 4. The third-order valence-corrected chi connectivity index (χ3v) is 4.05. The normalized spacial score (nSPS) is 17.3. The van der Waals surface area contributed by atoms with Gasteiger partial charge in [0, 0.05) is 30.9 Å². The molecule has 0 bridgehead atoms. The van der Waals surface area contributed by atoms with Crippen LogP contribution in [-0.4, -0.2) is 40.5 Å². The second-order valence-electron chi connectivity index (χ2n) is 5.79. The van der Waals surface area contributed by atoms with Gasteiger partial charge in [0.1, 0.15) is 11.6 Å². The Hall–Kier alpha value is -2.43. The van der Waals surface area contributed by atoms with Crippen LogP contribution in [-0.2, 0) is 4.79 Å². The monoisotopic (exact) mass is 311 g/mol. The minimum absolute atomic E-state index is 0.135. The first kappa shape index (κ1) is 15.5. The predicted molar refractivity (Wildman–Crippen MR) is 87.3 cm³/mol. The maximum atomic E-state index is 12.3. The van der Waals surface area contributed by atoms with Gasteiger partial charge in [0.25, 0.3) is 0 Å². The fraction of sp³-hybridized carbons (Fsp3) is 0.389. The highest BCUT2D eigenvalue weighted by Crippen LogP contribution is 2.25. The van der Waals surface area contributed by atoms with E-state index in [9.17, 15) is 4.79 Å². The fourth-order valence-electron chi connectivity index (χ4n) is 2.79. The number of rotatable bonds is 5. The summed E-state index contributed by atoms with van der Waals surface area (Å²) in [7, 11) is 0. The van der Waals surface area contributed by atoms with Gasteiger partial charge in [0.15, 0.2) is 0 Å². The molecular formula is C18H21N3O2. The fourth-order valence-corrected chi connectivity index (χ4v) is 2.79. The van der Waals surface area contributed by atoms with Gasteiger partial charge in [-0.15, -0.1) is 0 Å². The summed E-state index contributed by atoms with van der Waals surface area (Å²) in [5.74, 6) is 2.03. The van der Waals surface area contributed by atoms with E-state index in [2.05, 4.69) is 9.97 Å². The van der Waals surface area contributed by atoms with Crippen molar-refractivity contribution in [2.24, 2.45) is 0 Å². The molecule has 1 amide bonds. The highest BCUT2D eigenvalue weighted by Gasteiger charge is 2.28. The number of para-hydroxylation sites is 1. The van der Waals surface area contributed by atoms with Crippen molar-refractivity contribution in [2.45, 2.75) is 25.7 Å². The zero-order valence-electron chi connectivity index (χ0n) is 13.3. The van der Waals surface area contributed by atoms with Crippen LogP contribution in [0.3, 0.4) is 0 Å². The zero-order valence-corrected chi connectivity index (χ0v) is 13.3. The first-order chi connectivity index (χ1) is 11.2. The number of benzene rings is 1. The van der Waals surface area contributed by atoms with Crippen molar-refractivity contribution in [3.63, 3.8) is 0 Å². The summed E-state index contributed by atoms with van der Waals surface area (Å²) in [6, 6.07) is 11.5. The molecule has 1 fully saturated rings. The van der Waals surface area contributed by atoms with Crippen LogP contribution in [0.25, 0.3) is 0 Å². The zero-order chi connectivity index (χ0) is 16.1. The van der Waals surface area contributed by atoms with Gasteiger partial charge in [-0.2, -0.15) is 0 Å². The summed E-state index contributed by atoms with van der Waals surface area (Å²) < 4.78 is 5.59. The number of carbonyl (C=O) groups is 1. The maximum Gasteiger partial charge on any atom is 0.226 e. The van der Waals surface area contributed by atoms with E-state index in [1.54, 1.807) is 6.20 Å². The van der Waals surface area contributed by atoms with Gasteiger partial charge in [-0.25, -0.2) is 9.97 Å². The lowest BCUT2D eigenvalue weighted by Crippen LogP contribution is -2.29. The Balaban J connectivity index is 1.48. The summed E-state index contributed by atoms with van der Waals surface area (Å²) >= 11 is 0. The van der Waals surface area contributed by atoms with Crippen molar-refractivity contribution in [1.29, 1.82) is 0 Å². The van der Waals surface area contributed by atoms with E-state index in [-0.39, 0.29) is 11.8 Å². The van der Waals surface area contributed by atoms with Gasteiger partial charge in [0.2, 0.25) is 5.91 Å². The number of nitrogens with zero attached hydrogens (tertiary/aromatic N) is 3. The molecule has 1 atom stereocenters. The SMILES string of the molecule is Cc1ccnc([C@@H]2CCN(C(=O)CCOc3ccccc3)C2)n1. The largest absolute Gasteiger partial charge is 0.493 e. The lowest BCUT2D eigenvalue weighted by atomic mass is 10.1. The molecule has 0 N–H and O–H groups in total. The summed E-state index contributed by atoms with van der Waals surface area (Å²) in [6.07, 6.45) is 3.11. The van der Waals surface area contributed by atoms with Gasteiger partial charge in [-0.1, -0.05) is 18.2 Å². The van der Waals surface area contributed by atoms with Crippen LogP contribution in [0.5, 0.6) is 5.75 Å². The number of amides is 1. The van der Waals surface area contributed by atoms with Gasteiger partial charge < -0.3 is 9.64 Å². The standard InChI is InChI=1S/C18H21N3O2/c1-14-7-10-19-18(20-14)15-8-11-21(13-15)17(22)9-12-23-16-5-3-2-4-6-16/h2-7,10,15H,8-9,11-13H2,1H3/t15-/m1/s1. The minimum atomic E-state index is 0.135. The third kappa shape index (κ3) is 4.06. The molecule has 0 aliphatic carbocycles. The molecule has 1 saturated heterocycles. The summed E-state index contributed by atoms with van der Waals surface area (Å²) in [4.78, 5) is 23.0. The summed E-state index contributed by atoms with van der Waals surface area (Å²) in [5.41, 5.74) is 0.969. The quantitative estimate of drug-likeness (QED) is 0.851. The molecule has 2 heterocycles. The van der Waals surface area contributed by atoms with Crippen LogP contribution >= 0.6 is 0 Å². The van der Waals surface area contributed by atoms with E-state index in [0.717, 1.165) is 30.2 Å². The average Bonchev–Trinajstić information content (AvgIpc) is 3.06. The molecule has 0 radical (unpaired) electrons. The lowest BCUT2D eigenvalue weighted by molar-refractivity contribution is -0.130. The molecule has 1 aliphatic rings. The Morgan fingerprint density at radius 3 is 2.91 bits per heavy atom. The van der Waals surface area contributed by atoms with E-state index in [0.29, 0.717) is 19.6 Å². The van der Waals surface area contributed by atoms with Gasteiger partial charge >= 0.3 is 0 Å². The van der Waals surface area contributed by atoms with Crippen molar-refractivity contribution in [3.05, 3.63) is 54.1 Å². The second kappa shape index (κ2) is 7.22. The molecule has 0 saturated carbocycles. The van der Waals surface area contributed by atoms with E-state index in [4.69, 9.17) is 4.74 Å². The molecule has 1 aromatic carbocycles. The van der Waals surface area contributed by atoms with E-state index >= 15 is 0 Å². The first-order valence-electron chi connectivity index (χ1n) is 7.97. The van der Waals surface area contributed by atoms with Crippen molar-refractivity contribution in [1.82, 2.24) is 14.9 Å². The number of ether oxygens (including phenoxy) is 1. The summed E-state index contributed by atoms with van der Waals surface area (Å²) in [6.45, 7) is 3.84. The van der Waals surface area contributed by atoms with Crippen molar-refractivity contribution < 1.29 is 9.53 Å². The molecular weight excluding hydrogens is 290 g/mol. The molecule has 5 heteroatoms. The topological polar surface area (TPSA) is 55.3 Å². The van der Waals surface area contributed by atoms with Crippen LogP contribution in [0.1, 0.15) is 30.3 Å². The number of likely N-dealkylation sites (tertiary alicyclic amines) is 1. The average molecular weight is 311 g/mol. The van der Waals surface area contributed by atoms with Crippen LogP contribution < -0.4 is 4.74 Å². The molecule has 2 aromatic rings. The highest BCUT2D eigenvalue weighted by atomic mass is 16.5. The smallest absolute Gasteiger partial charge is 0.226 e. The molecule has 1 aliphatic heterocycles. The minimum Gasteiger partial charge on any atom is -0.493 e. The second-order valence-corrected chi connectivity index (χ2v) is 5.79. The number of hydrogen-bond donors (Lipinski definition) is 0. The lowest BCUT2D eigenvalue weighted by Gasteiger charge is -2.16. The Morgan fingerprint density at radius 1 is 1.30 bits per heavy atom. The third-order valence-electron chi connectivity index (χ3n) is 4.05. The van der Waals surface area contributed by atoms with Gasteiger partial charge in [-0.05, 0) is 31.5 Å². The Kier molecular flexibility index (Phi) is 4.86. The van der Waals surface area contributed by atoms with E-state index in [1.807, 2.05) is 48.2 Å². The summed E-state index contributed by atoms with van der Waals surface area (Å²) in [5, 5.41) is 0. The predicted octanol–water partition coefficient (Wildman–Crippen LogP) is 2.57. The maximum absolute atomic E-state index is 12.3. The van der Waals surface area contributed by atoms with Crippen molar-refractivity contribution in [3.8, 4) is 5.75 Å². The van der Waals surface area contributed by atoms with E-state index in [1.165, 1.54) is 0 Å². The number of aryl methyl sites for hydroxylation is 1. The first-order valence-corrected chi connectivity index (χ1v) is 7.97. The van der Waals surface area contributed by atoms with Crippen molar-refractivity contribution in [2.75, 3.05) is 19.7 Å². The highest BCUT2D eigenvalue weighted by molar-refractivity contribution is 5.76. The van der Waals surface area contributed by atoms with Crippen LogP contribution in [0.2, 0.25) is 0 Å². The van der Waals surface area contributed by atoms with Crippen LogP contribution in [0.15, 0.2) is 42.6 Å². The van der Waals surface area contributed by atoms with Crippen molar-refractivity contribution >= 4 is 5.91 Å². The molecule has 120 valence electrons. The van der Waals surface area contributed by atoms with Gasteiger partial charge in [-0.3, -0.25) is 4.79 Å². The Bertz CT molecular complexity index is 660. The Morgan fingerprint density at radius 2 is 2.13 bits per heavy atom. The molecule has 5 nitrogen and oxygen atoms in total. The molecule has 0 unspecified atom stereocenters. The van der Waals surface area contributed by atoms with Crippen LogP contribution in [0, 0.1) is 6.92 Å². The van der Waals surface area contributed by atoms with Gasteiger partial charge in [0.05, 0.1) is 13.0 Å². The Labute approximate surface area is 136 Å². The molecule has 3 rings (SSSR count). The van der Waals surface area contributed by atoms with E-state index < -0.39 is 0 Å². The molecule has 1 aromatic heterocycles. The molecule has 0 spiro atoms. The number of aromatic nitrogens is 2. The number of carbonyl (C=O) groups excluding carboxylic acids is 1.